The van der Waals surface area contributed by atoms with Crippen molar-refractivity contribution in [2.24, 2.45) is 0 Å². The van der Waals surface area contributed by atoms with Gasteiger partial charge in [-0.1, -0.05) is 210 Å². The van der Waals surface area contributed by atoms with E-state index < -0.39 is 0 Å². The van der Waals surface area contributed by atoms with Crippen molar-refractivity contribution in [3.63, 3.8) is 0 Å². The average molecular weight is 968 g/mol. The van der Waals surface area contributed by atoms with Crippen LogP contribution in [0.1, 0.15) is 206 Å². The molecule has 1 aromatic heterocycles. The van der Waals surface area contributed by atoms with E-state index in [1.54, 1.807) is 0 Å². The monoisotopic (exact) mass is 967 g/mol. The first-order valence-electron chi connectivity index (χ1n) is 27.5. The summed E-state index contributed by atoms with van der Waals surface area (Å²) < 4.78 is 17.8. The fourth-order valence-corrected chi connectivity index (χ4v) is 9.76. The van der Waals surface area contributed by atoms with Gasteiger partial charge in [-0.2, -0.15) is 0 Å². The lowest BCUT2D eigenvalue weighted by Gasteiger charge is -2.36. The van der Waals surface area contributed by atoms with E-state index in [-0.39, 0.29) is 12.9 Å². The summed E-state index contributed by atoms with van der Waals surface area (Å²) in [5.41, 5.74) is 1.81. The summed E-state index contributed by atoms with van der Waals surface area (Å²) in [7, 11) is 0. The second-order valence-electron chi connectivity index (χ2n) is 19.3. The predicted octanol–water partition coefficient (Wildman–Crippen LogP) is 17.3. The van der Waals surface area contributed by atoms with Crippen LogP contribution in [0.15, 0.2) is 48.5 Å². The number of pyridine rings is 1. The van der Waals surface area contributed by atoms with Crippen molar-refractivity contribution in [1.29, 1.82) is 0 Å². The lowest BCUT2D eigenvalue weighted by Crippen LogP contribution is -2.46. The Labute approximate surface area is 418 Å². The van der Waals surface area contributed by atoms with E-state index in [0.717, 1.165) is 107 Å². The molecule has 8 nitrogen and oxygen atoms in total. The second-order valence-corrected chi connectivity index (χ2v) is 20.1. The highest BCUT2D eigenvalue weighted by atomic mass is 35.5. The van der Waals surface area contributed by atoms with Gasteiger partial charge in [-0.3, -0.25) is 4.90 Å². The predicted molar refractivity (Wildman–Crippen MR) is 286 cm³/mol. The van der Waals surface area contributed by atoms with Crippen LogP contribution < -0.4 is 14.4 Å². The molecule has 67 heavy (non-hydrogen) atoms. The van der Waals surface area contributed by atoms with E-state index in [2.05, 4.69) is 23.6 Å². The van der Waals surface area contributed by atoms with Crippen LogP contribution in [0.2, 0.25) is 10.0 Å². The number of fused-ring (bicyclic) bond motifs is 1. The van der Waals surface area contributed by atoms with Crippen LogP contribution in [-0.4, -0.2) is 80.1 Å². The van der Waals surface area contributed by atoms with Gasteiger partial charge in [0.15, 0.2) is 0 Å². The van der Waals surface area contributed by atoms with Crippen molar-refractivity contribution < 1.29 is 19.0 Å². The van der Waals surface area contributed by atoms with Gasteiger partial charge >= 0.3 is 6.09 Å². The number of amides is 1. The zero-order valence-corrected chi connectivity index (χ0v) is 43.9. The molecule has 0 unspecified atom stereocenters. The molecular weight excluding hydrogens is 876 g/mol. The fourth-order valence-electron chi connectivity index (χ4n) is 9.35. The molecular formula is C57H92Cl2N4O4. The average Bonchev–Trinajstić information content (AvgIpc) is 3.34. The van der Waals surface area contributed by atoms with Gasteiger partial charge in [-0.25, -0.2) is 9.78 Å². The van der Waals surface area contributed by atoms with E-state index in [1.165, 1.54) is 154 Å². The maximum Gasteiger partial charge on any atom is 0.412 e. The summed E-state index contributed by atoms with van der Waals surface area (Å²) in [6.07, 6.45) is 38.8. The van der Waals surface area contributed by atoms with Crippen LogP contribution in [0.5, 0.6) is 11.6 Å². The van der Waals surface area contributed by atoms with Crippen molar-refractivity contribution in [3.05, 3.63) is 58.6 Å². The van der Waals surface area contributed by atoms with Gasteiger partial charge < -0.3 is 24.0 Å². The highest BCUT2D eigenvalue weighted by Gasteiger charge is 2.20. The van der Waals surface area contributed by atoms with Crippen molar-refractivity contribution in [1.82, 2.24) is 14.8 Å². The summed E-state index contributed by atoms with van der Waals surface area (Å²) in [6, 6.07) is 15.7. The van der Waals surface area contributed by atoms with Crippen LogP contribution in [0, 0.1) is 0 Å². The number of ether oxygens (including phenoxy) is 3. The molecule has 2 heterocycles. The summed E-state index contributed by atoms with van der Waals surface area (Å²) >= 11 is 12.7. The minimum Gasteiger partial charge on any atom is -0.494 e. The van der Waals surface area contributed by atoms with Crippen LogP contribution in [0.3, 0.4) is 0 Å². The molecule has 0 N–H and O–H groups in total. The number of carbonyl (C=O) groups excluding carboxylic acids is 1. The summed E-state index contributed by atoms with van der Waals surface area (Å²) in [4.78, 5) is 24.9. The quantitative estimate of drug-likeness (QED) is 0.0415. The lowest BCUT2D eigenvalue weighted by atomic mass is 10.0. The van der Waals surface area contributed by atoms with Crippen LogP contribution in [-0.2, 0) is 4.74 Å². The maximum absolute atomic E-state index is 13.4. The number of piperazine rings is 1. The number of hydrogen-bond acceptors (Lipinski definition) is 7. The number of unbranched alkanes of at least 4 members (excludes halogenated alkanes) is 27. The first-order valence-corrected chi connectivity index (χ1v) is 28.2. The van der Waals surface area contributed by atoms with Crippen molar-refractivity contribution in [3.8, 4) is 11.6 Å². The molecule has 4 rings (SSSR count). The highest BCUT2D eigenvalue weighted by molar-refractivity contribution is 6.43. The largest absolute Gasteiger partial charge is 0.494 e. The van der Waals surface area contributed by atoms with Gasteiger partial charge in [0, 0.05) is 56.8 Å². The van der Waals surface area contributed by atoms with E-state index >= 15 is 0 Å². The van der Waals surface area contributed by atoms with Crippen LogP contribution in [0.4, 0.5) is 10.5 Å². The SMILES string of the molecule is CCCCCCCCCCCCCCCCN(CCCCCCCCCCCCCCCC)C(=O)OCOc1ccc2ccc(OCCCCN3CCN(c4cccc(Cl)c4Cl)CC3)cc2n1. The molecule has 0 bridgehead atoms. The molecule has 10 heteroatoms. The standard InChI is InChI=1S/C57H92Cl2N4O4/c1-3-5-7-9-11-13-15-17-19-21-23-25-27-29-41-63(42-30-28-26-24-22-20-18-16-14-12-10-8-6-4-2)57(64)67-49-66-55-39-37-50-36-38-51(48-53(50)60-55)65-47-32-31-40-61-43-45-62(46-44-61)54-35-33-34-52(58)56(54)59/h33-39,48H,3-32,40-47,49H2,1-2H3. The molecule has 0 spiro atoms. The molecule has 1 amide bonds. The Hall–Kier alpha value is -2.94. The molecule has 0 radical (unpaired) electrons. The summed E-state index contributed by atoms with van der Waals surface area (Å²) in [5.74, 6) is 1.22. The molecule has 1 saturated heterocycles. The minimum atomic E-state index is -0.286. The zero-order chi connectivity index (χ0) is 47.4. The zero-order valence-electron chi connectivity index (χ0n) is 42.4. The Bertz CT molecular complexity index is 1670. The lowest BCUT2D eigenvalue weighted by molar-refractivity contribution is 0.0323. The fraction of sp³-hybridized carbons (Fsp3) is 0.719. The van der Waals surface area contributed by atoms with E-state index in [9.17, 15) is 4.79 Å². The number of carbonyl (C=O) groups is 1. The second kappa shape index (κ2) is 37.0. The van der Waals surface area contributed by atoms with Crippen LogP contribution in [0.25, 0.3) is 10.9 Å². The smallest absolute Gasteiger partial charge is 0.412 e. The summed E-state index contributed by atoms with van der Waals surface area (Å²) in [5, 5.41) is 2.25. The Morgan fingerprint density at radius 3 is 1.63 bits per heavy atom. The van der Waals surface area contributed by atoms with Gasteiger partial charge in [0.1, 0.15) is 5.75 Å². The minimum absolute atomic E-state index is 0.162. The van der Waals surface area contributed by atoms with Gasteiger partial charge in [0.05, 0.1) is 27.9 Å². The van der Waals surface area contributed by atoms with Crippen molar-refractivity contribution in [2.75, 3.05) is 64.1 Å². The molecule has 1 fully saturated rings. The number of nitrogens with zero attached hydrogens (tertiary/aromatic N) is 4. The molecule has 378 valence electrons. The third-order valence-corrected chi connectivity index (χ3v) is 14.4. The number of benzene rings is 2. The van der Waals surface area contributed by atoms with E-state index in [4.69, 9.17) is 42.4 Å². The van der Waals surface area contributed by atoms with Gasteiger partial charge in [-0.15, -0.1) is 0 Å². The number of halogens is 2. The molecule has 0 atom stereocenters. The first-order chi connectivity index (χ1) is 33.0. The third kappa shape index (κ3) is 25.0. The van der Waals surface area contributed by atoms with Crippen molar-refractivity contribution in [2.45, 2.75) is 206 Å². The Balaban J connectivity index is 1.11. The van der Waals surface area contributed by atoms with Gasteiger partial charge in [-0.05, 0) is 62.6 Å². The summed E-state index contributed by atoms with van der Waals surface area (Å²) in [6.45, 7) is 11.5. The maximum atomic E-state index is 13.4. The van der Waals surface area contributed by atoms with Gasteiger partial charge in [0.2, 0.25) is 12.7 Å². The first kappa shape index (κ1) is 56.6. The highest BCUT2D eigenvalue weighted by Crippen LogP contribution is 2.33. The third-order valence-electron chi connectivity index (χ3n) is 13.6. The molecule has 2 aromatic carbocycles. The number of rotatable bonds is 40. The van der Waals surface area contributed by atoms with Crippen LogP contribution >= 0.6 is 23.2 Å². The van der Waals surface area contributed by atoms with E-state index in [1.807, 2.05) is 53.4 Å². The molecule has 1 aliphatic heterocycles. The number of anilines is 1. The Morgan fingerprint density at radius 1 is 0.582 bits per heavy atom. The molecule has 0 saturated carbocycles. The Kier molecular flexibility index (Phi) is 31.3. The Morgan fingerprint density at radius 2 is 1.09 bits per heavy atom. The van der Waals surface area contributed by atoms with E-state index in [0.29, 0.717) is 22.5 Å². The molecule has 0 aliphatic carbocycles. The normalized spacial score (nSPS) is 13.1. The molecule has 3 aromatic rings. The number of hydrogen-bond donors (Lipinski definition) is 0. The number of aromatic nitrogens is 1. The topological polar surface area (TPSA) is 67.4 Å². The molecule has 1 aliphatic rings. The van der Waals surface area contributed by atoms with Crippen molar-refractivity contribution >= 4 is 45.9 Å². The van der Waals surface area contributed by atoms with Gasteiger partial charge in [0.25, 0.3) is 0 Å².